The van der Waals surface area contributed by atoms with Crippen molar-refractivity contribution in [2.75, 3.05) is 49.1 Å². The number of thiazole rings is 1. The van der Waals surface area contributed by atoms with E-state index in [0.717, 1.165) is 61.9 Å². The summed E-state index contributed by atoms with van der Waals surface area (Å²) in [4.78, 5) is 53.0. The van der Waals surface area contributed by atoms with Crippen LogP contribution < -0.4 is 9.80 Å². The number of nitrogens with one attached hydrogen (secondary N) is 1. The van der Waals surface area contributed by atoms with Gasteiger partial charge in [0.25, 0.3) is 5.91 Å². The van der Waals surface area contributed by atoms with E-state index in [4.69, 9.17) is 28.2 Å². The molecule has 5 heterocycles. The minimum absolute atomic E-state index is 0.0619. The molecule has 1 atom stereocenters. The number of carbonyl (C=O) groups is 2. The van der Waals surface area contributed by atoms with Crippen molar-refractivity contribution in [1.29, 1.82) is 0 Å². The van der Waals surface area contributed by atoms with Crippen molar-refractivity contribution in [3.63, 3.8) is 0 Å². The quantitative estimate of drug-likeness (QED) is 0.317. The Bertz CT molecular complexity index is 1510. The molecule has 0 bridgehead atoms. The lowest BCUT2D eigenvalue weighted by Crippen LogP contribution is -2.50. The van der Waals surface area contributed by atoms with Crippen LogP contribution in [0.25, 0.3) is 11.4 Å². The highest BCUT2D eigenvalue weighted by atomic mass is 35.5. The van der Waals surface area contributed by atoms with Gasteiger partial charge in [-0.1, -0.05) is 55.3 Å². The van der Waals surface area contributed by atoms with E-state index in [0.29, 0.717) is 52.8 Å². The molecule has 2 aliphatic heterocycles. The number of carboxylic acids is 1. The third-order valence-corrected chi connectivity index (χ3v) is 10.3. The lowest BCUT2D eigenvalue weighted by atomic mass is 9.97. The Morgan fingerprint density at radius 1 is 1.09 bits per heavy atom. The van der Waals surface area contributed by atoms with Crippen molar-refractivity contribution in [2.24, 2.45) is 10.9 Å². The first kappa shape index (κ1) is 31.4. The largest absolute Gasteiger partial charge is 0.477 e. The Balaban J connectivity index is 1.28. The summed E-state index contributed by atoms with van der Waals surface area (Å²) in [6.07, 6.45) is 6.14. The van der Waals surface area contributed by atoms with E-state index in [1.165, 1.54) is 0 Å². The molecular weight excluding hydrogens is 611 g/mol. The minimum Gasteiger partial charge on any atom is -0.477 e. The molecule has 3 aromatic heterocycles. The summed E-state index contributed by atoms with van der Waals surface area (Å²) >= 11 is 13.4. The number of aromatic amines is 1. The van der Waals surface area contributed by atoms with Crippen molar-refractivity contribution in [2.45, 2.75) is 53.0 Å². The van der Waals surface area contributed by atoms with Crippen LogP contribution in [0, 0.1) is 12.8 Å². The van der Waals surface area contributed by atoms with Crippen LogP contribution >= 0.6 is 34.5 Å². The Morgan fingerprint density at radius 2 is 1.81 bits per heavy atom. The lowest BCUT2D eigenvalue weighted by molar-refractivity contribution is 0.0702. The van der Waals surface area contributed by atoms with Gasteiger partial charge in [-0.25, -0.2) is 24.7 Å². The van der Waals surface area contributed by atoms with Crippen LogP contribution in [0.15, 0.2) is 17.4 Å². The number of amides is 1. The first-order valence-electron chi connectivity index (χ1n) is 14.6. The topological polar surface area (TPSA) is 131 Å². The minimum atomic E-state index is -1.06. The molecule has 2 N–H and O–H groups in total. The summed E-state index contributed by atoms with van der Waals surface area (Å²) in [5.74, 6) is -0.801. The molecule has 14 heteroatoms. The molecule has 230 valence electrons. The van der Waals surface area contributed by atoms with Gasteiger partial charge in [-0.15, -0.1) is 0 Å². The van der Waals surface area contributed by atoms with Gasteiger partial charge in [0.05, 0.1) is 22.4 Å². The number of piperidine rings is 1. The van der Waals surface area contributed by atoms with Crippen LogP contribution in [0.5, 0.6) is 0 Å². The summed E-state index contributed by atoms with van der Waals surface area (Å²) in [5, 5.41) is 11.0. The number of piperazine rings is 1. The smallest absolute Gasteiger partial charge is 0.348 e. The number of carbonyl (C=O) groups excluding carboxylic acids is 1. The van der Waals surface area contributed by atoms with E-state index in [2.05, 4.69) is 43.6 Å². The Morgan fingerprint density at radius 3 is 2.37 bits per heavy atom. The maximum Gasteiger partial charge on any atom is 0.348 e. The van der Waals surface area contributed by atoms with E-state index in [1.54, 1.807) is 19.3 Å². The van der Waals surface area contributed by atoms with Gasteiger partial charge in [-0.3, -0.25) is 9.69 Å². The van der Waals surface area contributed by atoms with Crippen LogP contribution in [0.4, 0.5) is 10.9 Å². The fraction of sp³-hybridized carbons (Fsp3) is 0.517. The van der Waals surface area contributed by atoms with Gasteiger partial charge in [-0.05, 0) is 19.8 Å². The van der Waals surface area contributed by atoms with Crippen LogP contribution in [0.1, 0.15) is 65.9 Å². The predicted molar refractivity (Wildman–Crippen MR) is 172 cm³/mol. The van der Waals surface area contributed by atoms with E-state index in [-0.39, 0.29) is 21.5 Å². The number of halogens is 2. The SMILES string of the molecule is CCC(CC)N1CCN(c2cnc(-c3nc(N4CCC(=NC(=O)c5[nH]c(C)c(Cl)c5Cl)[C@@H](C)C4)sc3C(=O)O)cn2)CC1. The number of H-pyrrole nitrogens is 1. The Hall–Kier alpha value is -3.06. The molecule has 0 unspecified atom stereocenters. The summed E-state index contributed by atoms with van der Waals surface area (Å²) < 4.78 is 0. The van der Waals surface area contributed by atoms with Crippen LogP contribution in [-0.2, 0) is 0 Å². The second kappa shape index (κ2) is 13.3. The Labute approximate surface area is 265 Å². The van der Waals surface area contributed by atoms with Crippen LogP contribution in [-0.4, -0.2) is 92.8 Å². The van der Waals surface area contributed by atoms with E-state index < -0.39 is 11.9 Å². The number of aromatic carboxylic acids is 1. The molecule has 2 saturated heterocycles. The average Bonchev–Trinajstić information content (AvgIpc) is 3.57. The van der Waals surface area contributed by atoms with Gasteiger partial charge in [0.15, 0.2) is 5.13 Å². The van der Waals surface area contributed by atoms with E-state index >= 15 is 0 Å². The molecule has 2 fully saturated rings. The second-order valence-electron chi connectivity index (χ2n) is 11.0. The highest BCUT2D eigenvalue weighted by Gasteiger charge is 2.29. The van der Waals surface area contributed by atoms with E-state index in [9.17, 15) is 14.7 Å². The third-order valence-electron chi connectivity index (χ3n) is 8.27. The summed E-state index contributed by atoms with van der Waals surface area (Å²) in [6, 6.07) is 0.612. The van der Waals surface area contributed by atoms with Crippen molar-refractivity contribution in [1.82, 2.24) is 24.8 Å². The lowest BCUT2D eigenvalue weighted by Gasteiger charge is -2.39. The van der Waals surface area contributed by atoms with Gasteiger partial charge in [0.1, 0.15) is 27.8 Å². The molecule has 2 aliphatic rings. The highest BCUT2D eigenvalue weighted by molar-refractivity contribution is 7.17. The first-order chi connectivity index (χ1) is 20.6. The molecule has 0 aromatic carbocycles. The molecule has 11 nitrogen and oxygen atoms in total. The fourth-order valence-electron chi connectivity index (χ4n) is 5.76. The summed E-state index contributed by atoms with van der Waals surface area (Å²) in [7, 11) is 0. The third kappa shape index (κ3) is 6.57. The van der Waals surface area contributed by atoms with Crippen molar-refractivity contribution in [3.8, 4) is 11.4 Å². The molecule has 0 radical (unpaired) electrons. The average molecular weight is 648 g/mol. The molecule has 0 aliphatic carbocycles. The van der Waals surface area contributed by atoms with Gasteiger partial charge in [0.2, 0.25) is 0 Å². The number of rotatable bonds is 8. The number of aromatic nitrogens is 4. The van der Waals surface area contributed by atoms with Crippen LogP contribution in [0.2, 0.25) is 10.0 Å². The van der Waals surface area contributed by atoms with Gasteiger partial charge in [-0.2, -0.15) is 0 Å². The normalized spacial score (nSPS) is 19.0. The van der Waals surface area contributed by atoms with Crippen LogP contribution in [0.3, 0.4) is 0 Å². The van der Waals surface area contributed by atoms with Gasteiger partial charge in [0, 0.05) is 69.1 Å². The zero-order valence-electron chi connectivity index (χ0n) is 24.7. The second-order valence-corrected chi connectivity index (χ2v) is 12.7. The fourth-order valence-corrected chi connectivity index (χ4v) is 7.12. The van der Waals surface area contributed by atoms with Crippen molar-refractivity contribution < 1.29 is 14.7 Å². The van der Waals surface area contributed by atoms with Crippen molar-refractivity contribution in [3.05, 3.63) is 38.7 Å². The molecule has 43 heavy (non-hydrogen) atoms. The highest BCUT2D eigenvalue weighted by Crippen LogP contribution is 2.35. The maximum atomic E-state index is 12.8. The molecule has 1 amide bonds. The van der Waals surface area contributed by atoms with Gasteiger partial charge < -0.3 is 19.9 Å². The number of aryl methyl sites for hydroxylation is 1. The molecular formula is C29H36Cl2N8O3S. The molecule has 3 aromatic rings. The molecule has 0 spiro atoms. The maximum absolute atomic E-state index is 12.8. The van der Waals surface area contributed by atoms with Gasteiger partial charge >= 0.3 is 5.97 Å². The Kier molecular flexibility index (Phi) is 9.70. The molecule has 5 rings (SSSR count). The molecule has 0 saturated carbocycles. The predicted octanol–water partition coefficient (Wildman–Crippen LogP) is 5.68. The zero-order valence-corrected chi connectivity index (χ0v) is 27.1. The summed E-state index contributed by atoms with van der Waals surface area (Å²) in [6.45, 7) is 13.0. The zero-order chi connectivity index (χ0) is 30.8. The monoisotopic (exact) mass is 646 g/mol. The summed E-state index contributed by atoms with van der Waals surface area (Å²) in [5.41, 5.74) is 2.27. The number of aliphatic imine (C=N–C) groups is 1. The number of carboxylic acid groups (broad SMARTS) is 1. The number of hydrogen-bond acceptors (Lipinski definition) is 9. The first-order valence-corrected chi connectivity index (χ1v) is 16.1. The van der Waals surface area contributed by atoms with Crippen molar-refractivity contribution >= 4 is 63.1 Å². The number of hydrogen-bond donors (Lipinski definition) is 2. The van der Waals surface area contributed by atoms with E-state index in [1.807, 2.05) is 11.8 Å². The number of anilines is 2. The number of nitrogens with zero attached hydrogens (tertiary/aromatic N) is 7. The standard InChI is InChI=1S/C29H36Cl2N8O3S/c1-5-18(6-2)37-9-11-38(12-10-37)21-14-32-20(13-33-21)24-26(28(41)42)43-29(36-24)39-8-7-19(16(3)15-39)35-27(40)25-23(31)22(30)17(4)34-25/h13-14,16,18,34H,5-12,15H2,1-4H3,(H,41,42)/t16-/m0/s1.